The van der Waals surface area contributed by atoms with Gasteiger partial charge in [-0.1, -0.05) is 12.1 Å². The van der Waals surface area contributed by atoms with E-state index < -0.39 is 0 Å². The molecule has 0 N–H and O–H groups in total. The minimum Gasteiger partial charge on any atom is -0.368 e. The first-order valence-electron chi connectivity index (χ1n) is 7.03. The molecule has 3 heteroatoms. The van der Waals surface area contributed by atoms with E-state index in [4.69, 9.17) is 0 Å². The Morgan fingerprint density at radius 2 is 2.06 bits per heavy atom. The Morgan fingerprint density at radius 3 is 2.89 bits per heavy atom. The molecule has 2 heterocycles. The lowest BCUT2D eigenvalue weighted by Gasteiger charge is -2.41. The van der Waals surface area contributed by atoms with E-state index in [9.17, 15) is 4.79 Å². The van der Waals surface area contributed by atoms with Crippen molar-refractivity contribution in [3.63, 3.8) is 0 Å². The molecule has 0 unspecified atom stereocenters. The molecule has 0 atom stereocenters. The van der Waals surface area contributed by atoms with E-state index in [1.807, 2.05) is 4.90 Å². The first-order valence-corrected chi connectivity index (χ1v) is 7.03. The third-order valence-electron chi connectivity index (χ3n) is 4.37. The fraction of sp³-hybridized carbons (Fsp3) is 0.533. The highest BCUT2D eigenvalue weighted by molar-refractivity contribution is 6.00. The van der Waals surface area contributed by atoms with Crippen LogP contribution in [0.25, 0.3) is 0 Å². The molecule has 1 amide bonds. The molecule has 18 heavy (non-hydrogen) atoms. The summed E-state index contributed by atoms with van der Waals surface area (Å²) in [7, 11) is 0. The van der Waals surface area contributed by atoms with Crippen molar-refractivity contribution in [3.05, 3.63) is 23.8 Å². The maximum atomic E-state index is 12.4. The van der Waals surface area contributed by atoms with E-state index in [0.717, 1.165) is 44.6 Å². The average molecular weight is 242 g/mol. The SMILES string of the molecule is O=C(C1CC1)N1CCN2CCCc3cccc1c32. The van der Waals surface area contributed by atoms with Crippen LogP contribution in [0.2, 0.25) is 0 Å². The Bertz CT molecular complexity index is 507. The van der Waals surface area contributed by atoms with Gasteiger partial charge in [-0.05, 0) is 37.3 Å². The van der Waals surface area contributed by atoms with Crippen LogP contribution in [0.1, 0.15) is 24.8 Å². The molecule has 0 radical (unpaired) electrons. The maximum Gasteiger partial charge on any atom is 0.230 e. The summed E-state index contributed by atoms with van der Waals surface area (Å²) in [6.45, 7) is 3.02. The first-order chi connectivity index (χ1) is 8.84. The molecule has 94 valence electrons. The van der Waals surface area contributed by atoms with Crippen molar-refractivity contribution >= 4 is 17.3 Å². The number of amides is 1. The molecule has 1 aliphatic carbocycles. The number of hydrogen-bond donors (Lipinski definition) is 0. The number of para-hydroxylation sites is 1. The van der Waals surface area contributed by atoms with Gasteiger partial charge in [-0.3, -0.25) is 4.79 Å². The van der Waals surface area contributed by atoms with Gasteiger partial charge in [-0.25, -0.2) is 0 Å². The molecule has 1 aromatic carbocycles. The third kappa shape index (κ3) is 1.46. The Balaban J connectivity index is 1.79. The predicted octanol–water partition coefficient (Wildman–Crippen LogP) is 2.20. The topological polar surface area (TPSA) is 23.6 Å². The number of nitrogens with zero attached hydrogens (tertiary/aromatic N) is 2. The Labute approximate surface area is 107 Å². The summed E-state index contributed by atoms with van der Waals surface area (Å²) in [4.78, 5) is 16.9. The van der Waals surface area contributed by atoms with E-state index in [0.29, 0.717) is 11.8 Å². The summed E-state index contributed by atoms with van der Waals surface area (Å²) >= 11 is 0. The monoisotopic (exact) mass is 242 g/mol. The van der Waals surface area contributed by atoms with E-state index in [1.165, 1.54) is 17.7 Å². The lowest BCUT2D eigenvalue weighted by atomic mass is 9.98. The van der Waals surface area contributed by atoms with Gasteiger partial charge in [0, 0.05) is 25.6 Å². The smallest absolute Gasteiger partial charge is 0.230 e. The largest absolute Gasteiger partial charge is 0.368 e. The van der Waals surface area contributed by atoms with Crippen molar-refractivity contribution in [2.45, 2.75) is 25.7 Å². The third-order valence-corrected chi connectivity index (χ3v) is 4.37. The molecule has 0 saturated heterocycles. The number of hydrogen-bond acceptors (Lipinski definition) is 2. The van der Waals surface area contributed by atoms with Gasteiger partial charge in [0.25, 0.3) is 0 Å². The molecule has 0 bridgehead atoms. The summed E-state index contributed by atoms with van der Waals surface area (Å²) in [5.41, 5.74) is 3.92. The zero-order valence-electron chi connectivity index (χ0n) is 10.6. The van der Waals surface area contributed by atoms with Crippen LogP contribution in [0.3, 0.4) is 0 Å². The van der Waals surface area contributed by atoms with Crippen molar-refractivity contribution in [2.24, 2.45) is 5.92 Å². The number of aryl methyl sites for hydroxylation is 1. The van der Waals surface area contributed by atoms with E-state index in [1.54, 1.807) is 0 Å². The summed E-state index contributed by atoms with van der Waals surface area (Å²) in [5, 5.41) is 0. The second kappa shape index (κ2) is 3.74. The highest BCUT2D eigenvalue weighted by Crippen LogP contribution is 2.41. The summed E-state index contributed by atoms with van der Waals surface area (Å²) in [5.74, 6) is 0.671. The van der Waals surface area contributed by atoms with Crippen LogP contribution in [0.15, 0.2) is 18.2 Å². The van der Waals surface area contributed by atoms with Crippen molar-refractivity contribution < 1.29 is 4.79 Å². The Hall–Kier alpha value is -1.51. The molecule has 0 spiro atoms. The van der Waals surface area contributed by atoms with Gasteiger partial charge in [0.05, 0.1) is 11.4 Å². The normalized spacial score (nSPS) is 21.8. The number of rotatable bonds is 1. The van der Waals surface area contributed by atoms with Gasteiger partial charge < -0.3 is 9.80 Å². The van der Waals surface area contributed by atoms with Crippen LogP contribution in [0, 0.1) is 5.92 Å². The summed E-state index contributed by atoms with van der Waals surface area (Å²) in [6, 6.07) is 6.45. The molecule has 2 aliphatic heterocycles. The summed E-state index contributed by atoms with van der Waals surface area (Å²) in [6.07, 6.45) is 4.58. The van der Waals surface area contributed by atoms with Crippen molar-refractivity contribution in [3.8, 4) is 0 Å². The molecule has 1 saturated carbocycles. The Morgan fingerprint density at radius 1 is 1.17 bits per heavy atom. The quantitative estimate of drug-likeness (QED) is 0.753. The zero-order valence-corrected chi connectivity index (χ0v) is 10.6. The highest BCUT2D eigenvalue weighted by atomic mass is 16.2. The lowest BCUT2D eigenvalue weighted by Crippen LogP contribution is -2.46. The minimum atomic E-state index is 0.316. The van der Waals surface area contributed by atoms with Gasteiger partial charge >= 0.3 is 0 Å². The molecule has 1 aromatic rings. The minimum absolute atomic E-state index is 0.316. The van der Waals surface area contributed by atoms with Crippen LogP contribution in [0.5, 0.6) is 0 Å². The van der Waals surface area contributed by atoms with Crippen LogP contribution in [-0.2, 0) is 11.2 Å². The van der Waals surface area contributed by atoms with Crippen molar-refractivity contribution in [1.82, 2.24) is 0 Å². The number of anilines is 2. The summed E-state index contributed by atoms with van der Waals surface area (Å²) < 4.78 is 0. The molecular formula is C15H18N2O. The van der Waals surface area contributed by atoms with Crippen LogP contribution in [0.4, 0.5) is 11.4 Å². The fourth-order valence-electron chi connectivity index (χ4n) is 3.28. The molecule has 3 nitrogen and oxygen atoms in total. The van der Waals surface area contributed by atoms with E-state index in [-0.39, 0.29) is 0 Å². The van der Waals surface area contributed by atoms with Gasteiger partial charge in [0.1, 0.15) is 0 Å². The second-order valence-corrected chi connectivity index (χ2v) is 5.64. The molecule has 4 rings (SSSR count). The molecule has 0 aromatic heterocycles. The van der Waals surface area contributed by atoms with Crippen LogP contribution in [-0.4, -0.2) is 25.5 Å². The number of benzene rings is 1. The standard InChI is InChI=1S/C15H18N2O/c18-15(12-6-7-12)17-10-9-16-8-2-4-11-3-1-5-13(17)14(11)16/h1,3,5,12H,2,4,6-10H2. The molecule has 3 aliphatic rings. The van der Waals surface area contributed by atoms with Gasteiger partial charge in [-0.15, -0.1) is 0 Å². The number of carbonyl (C=O) groups is 1. The van der Waals surface area contributed by atoms with E-state index in [2.05, 4.69) is 23.1 Å². The molecule has 1 fully saturated rings. The van der Waals surface area contributed by atoms with Crippen molar-refractivity contribution in [1.29, 1.82) is 0 Å². The van der Waals surface area contributed by atoms with Crippen LogP contribution >= 0.6 is 0 Å². The molecular weight excluding hydrogens is 224 g/mol. The maximum absolute atomic E-state index is 12.4. The number of carbonyl (C=O) groups excluding carboxylic acids is 1. The van der Waals surface area contributed by atoms with Gasteiger partial charge in [-0.2, -0.15) is 0 Å². The van der Waals surface area contributed by atoms with Gasteiger partial charge in [0.2, 0.25) is 5.91 Å². The van der Waals surface area contributed by atoms with Crippen molar-refractivity contribution in [2.75, 3.05) is 29.4 Å². The first kappa shape index (κ1) is 10.4. The fourth-order valence-corrected chi connectivity index (χ4v) is 3.28. The second-order valence-electron chi connectivity index (χ2n) is 5.64. The van der Waals surface area contributed by atoms with Gasteiger partial charge in [0.15, 0.2) is 0 Å². The van der Waals surface area contributed by atoms with E-state index >= 15 is 0 Å². The van der Waals surface area contributed by atoms with Crippen LogP contribution < -0.4 is 9.80 Å². The Kier molecular flexibility index (Phi) is 2.16. The predicted molar refractivity (Wildman–Crippen MR) is 72.1 cm³/mol. The zero-order chi connectivity index (χ0) is 12.1. The highest BCUT2D eigenvalue weighted by Gasteiger charge is 2.37. The average Bonchev–Trinajstić information content (AvgIpc) is 3.23. The lowest BCUT2D eigenvalue weighted by molar-refractivity contribution is -0.119.